The Kier molecular flexibility index (Phi) is 4.67. The lowest BCUT2D eigenvalue weighted by atomic mass is 10.0. The molecule has 1 heterocycles. The second-order valence-corrected chi connectivity index (χ2v) is 5.91. The lowest BCUT2D eigenvalue weighted by Gasteiger charge is -2.06. The highest BCUT2D eigenvalue weighted by atomic mass is 35.5. The second-order valence-electron chi connectivity index (χ2n) is 5.50. The van der Waals surface area contributed by atoms with E-state index in [4.69, 9.17) is 11.6 Å². The third-order valence-electron chi connectivity index (χ3n) is 4.03. The summed E-state index contributed by atoms with van der Waals surface area (Å²) >= 11 is 6.06. The number of carbonyl (C=O) groups is 2. The number of aromatic amines is 1. The van der Waals surface area contributed by atoms with Crippen molar-refractivity contribution in [3.8, 4) is 0 Å². The summed E-state index contributed by atoms with van der Waals surface area (Å²) in [7, 11) is 0. The predicted molar refractivity (Wildman–Crippen MR) is 95.3 cm³/mol. The summed E-state index contributed by atoms with van der Waals surface area (Å²) in [6.45, 7) is 2.26. The highest BCUT2D eigenvalue weighted by molar-refractivity contribution is 6.45. The molecule has 0 spiro atoms. The smallest absolute Gasteiger partial charge is 0.292 e. The van der Waals surface area contributed by atoms with Crippen LogP contribution < -0.4 is 5.32 Å². The quantitative estimate of drug-likeness (QED) is 0.547. The topological polar surface area (TPSA) is 62.0 Å². The zero-order chi connectivity index (χ0) is 17.1. The third kappa shape index (κ3) is 3.05. The highest BCUT2D eigenvalue weighted by Gasteiger charge is 2.20. The summed E-state index contributed by atoms with van der Waals surface area (Å²) in [4.78, 5) is 27.8. The van der Waals surface area contributed by atoms with Crippen LogP contribution in [0.15, 0.2) is 48.7 Å². The van der Waals surface area contributed by atoms with Crippen LogP contribution in [0.4, 0.5) is 0 Å². The molecule has 3 aromatic rings. The standard InChI is InChI=1S/C19H17ClN2O2/c1-2-12-7-5-8-14-15(11-21-17(12)14)18(23)19(24)22-10-13-6-3-4-9-16(13)20/h3-9,11,21H,2,10H2,1H3,(H,22,24). The van der Waals surface area contributed by atoms with Crippen molar-refractivity contribution in [2.45, 2.75) is 19.9 Å². The zero-order valence-electron chi connectivity index (χ0n) is 13.2. The number of hydrogen-bond acceptors (Lipinski definition) is 2. The molecule has 0 bridgehead atoms. The van der Waals surface area contributed by atoms with Crippen LogP contribution in [0.5, 0.6) is 0 Å². The number of H-pyrrole nitrogens is 1. The highest BCUT2D eigenvalue weighted by Crippen LogP contribution is 2.22. The van der Waals surface area contributed by atoms with Crippen LogP contribution in [0, 0.1) is 0 Å². The summed E-state index contributed by atoms with van der Waals surface area (Å²) in [5.41, 5.74) is 3.18. The van der Waals surface area contributed by atoms with Gasteiger partial charge in [0.25, 0.3) is 11.7 Å². The molecule has 0 aliphatic carbocycles. The van der Waals surface area contributed by atoms with Crippen molar-refractivity contribution in [1.29, 1.82) is 0 Å². The average Bonchev–Trinajstić information content (AvgIpc) is 3.04. The molecule has 0 radical (unpaired) electrons. The maximum absolute atomic E-state index is 12.5. The number of Topliss-reactive ketones (excluding diaryl/α,β-unsaturated/α-hetero) is 1. The number of ketones is 1. The number of halogens is 1. The largest absolute Gasteiger partial charge is 0.360 e. The first-order chi connectivity index (χ1) is 11.6. The van der Waals surface area contributed by atoms with Crippen LogP contribution in [0.25, 0.3) is 10.9 Å². The van der Waals surface area contributed by atoms with E-state index in [-0.39, 0.29) is 6.54 Å². The molecule has 0 saturated carbocycles. The summed E-state index contributed by atoms with van der Waals surface area (Å²) in [5.74, 6) is -1.20. The number of nitrogens with one attached hydrogen (secondary N) is 2. The van der Waals surface area contributed by atoms with Gasteiger partial charge in [0.15, 0.2) is 0 Å². The Morgan fingerprint density at radius 2 is 1.83 bits per heavy atom. The number of para-hydroxylation sites is 1. The zero-order valence-corrected chi connectivity index (χ0v) is 14.0. The number of aryl methyl sites for hydroxylation is 1. The van der Waals surface area contributed by atoms with Crippen molar-refractivity contribution in [3.05, 3.63) is 70.4 Å². The van der Waals surface area contributed by atoms with Gasteiger partial charge in [0.2, 0.25) is 0 Å². The second kappa shape index (κ2) is 6.89. The van der Waals surface area contributed by atoms with E-state index in [1.165, 1.54) is 0 Å². The summed E-state index contributed by atoms with van der Waals surface area (Å²) in [5, 5.41) is 3.97. The normalized spacial score (nSPS) is 10.8. The molecular weight excluding hydrogens is 324 g/mol. The number of hydrogen-bond donors (Lipinski definition) is 2. The molecule has 0 unspecified atom stereocenters. The molecule has 2 N–H and O–H groups in total. The minimum Gasteiger partial charge on any atom is -0.360 e. The molecule has 0 fully saturated rings. The first-order valence-corrected chi connectivity index (χ1v) is 8.14. The van der Waals surface area contributed by atoms with E-state index in [1.807, 2.05) is 43.3 Å². The van der Waals surface area contributed by atoms with Gasteiger partial charge in [0.05, 0.1) is 5.56 Å². The molecule has 1 amide bonds. The fourth-order valence-corrected chi connectivity index (χ4v) is 2.92. The summed E-state index contributed by atoms with van der Waals surface area (Å²) in [6, 6.07) is 13.0. The molecule has 5 heteroatoms. The van der Waals surface area contributed by atoms with Crippen molar-refractivity contribution in [2.24, 2.45) is 0 Å². The monoisotopic (exact) mass is 340 g/mol. The van der Waals surface area contributed by atoms with Gasteiger partial charge in [-0.15, -0.1) is 0 Å². The minimum absolute atomic E-state index is 0.215. The lowest BCUT2D eigenvalue weighted by molar-refractivity contribution is -0.117. The fraction of sp³-hybridized carbons (Fsp3) is 0.158. The molecule has 2 aromatic carbocycles. The third-order valence-corrected chi connectivity index (χ3v) is 4.40. The van der Waals surface area contributed by atoms with E-state index in [1.54, 1.807) is 12.3 Å². The lowest BCUT2D eigenvalue weighted by Crippen LogP contribution is -2.30. The fourth-order valence-electron chi connectivity index (χ4n) is 2.72. The predicted octanol–water partition coefficient (Wildman–Crippen LogP) is 3.88. The van der Waals surface area contributed by atoms with Gasteiger partial charge >= 0.3 is 0 Å². The maximum Gasteiger partial charge on any atom is 0.292 e. The molecule has 122 valence electrons. The Balaban J connectivity index is 1.79. The first-order valence-electron chi connectivity index (χ1n) is 7.76. The Bertz CT molecular complexity index is 915. The van der Waals surface area contributed by atoms with Crippen LogP contribution in [0.1, 0.15) is 28.4 Å². The van der Waals surface area contributed by atoms with Gasteiger partial charge in [-0.1, -0.05) is 54.9 Å². The van der Waals surface area contributed by atoms with E-state index in [2.05, 4.69) is 10.3 Å². The molecule has 24 heavy (non-hydrogen) atoms. The Morgan fingerprint density at radius 3 is 2.58 bits per heavy atom. The number of benzene rings is 2. The Morgan fingerprint density at radius 1 is 1.08 bits per heavy atom. The van der Waals surface area contributed by atoms with E-state index in [9.17, 15) is 9.59 Å². The van der Waals surface area contributed by atoms with Gasteiger partial charge < -0.3 is 10.3 Å². The van der Waals surface area contributed by atoms with Gasteiger partial charge in [0.1, 0.15) is 0 Å². The molecule has 4 nitrogen and oxygen atoms in total. The van der Waals surface area contributed by atoms with Crippen molar-refractivity contribution < 1.29 is 9.59 Å². The number of fused-ring (bicyclic) bond motifs is 1. The van der Waals surface area contributed by atoms with Crippen molar-refractivity contribution >= 4 is 34.2 Å². The van der Waals surface area contributed by atoms with Crippen LogP contribution in [-0.2, 0) is 17.8 Å². The van der Waals surface area contributed by atoms with Crippen LogP contribution >= 0.6 is 11.6 Å². The maximum atomic E-state index is 12.5. The Labute approximate surface area is 144 Å². The van der Waals surface area contributed by atoms with Gasteiger partial charge in [-0.2, -0.15) is 0 Å². The van der Waals surface area contributed by atoms with Crippen molar-refractivity contribution in [3.63, 3.8) is 0 Å². The number of carbonyl (C=O) groups excluding carboxylic acids is 2. The van der Waals surface area contributed by atoms with Crippen LogP contribution in [0.2, 0.25) is 5.02 Å². The van der Waals surface area contributed by atoms with Crippen molar-refractivity contribution in [2.75, 3.05) is 0 Å². The van der Waals surface area contributed by atoms with E-state index < -0.39 is 11.7 Å². The number of amides is 1. The average molecular weight is 341 g/mol. The molecule has 3 rings (SSSR count). The van der Waals surface area contributed by atoms with Gasteiger partial charge in [-0.3, -0.25) is 9.59 Å². The number of aromatic nitrogens is 1. The van der Waals surface area contributed by atoms with Crippen molar-refractivity contribution in [1.82, 2.24) is 10.3 Å². The summed E-state index contributed by atoms with van der Waals surface area (Å²) < 4.78 is 0. The molecule has 0 aliphatic heterocycles. The molecular formula is C19H17ClN2O2. The molecule has 0 aliphatic rings. The van der Waals surface area contributed by atoms with E-state index in [0.29, 0.717) is 10.6 Å². The first kappa shape index (κ1) is 16.3. The van der Waals surface area contributed by atoms with Crippen LogP contribution in [0.3, 0.4) is 0 Å². The van der Waals surface area contributed by atoms with Gasteiger partial charge in [-0.25, -0.2) is 0 Å². The molecule has 1 aromatic heterocycles. The van der Waals surface area contributed by atoms with E-state index in [0.717, 1.165) is 28.5 Å². The molecule has 0 saturated heterocycles. The van der Waals surface area contributed by atoms with Gasteiger partial charge in [-0.05, 0) is 23.6 Å². The summed E-state index contributed by atoms with van der Waals surface area (Å²) in [6.07, 6.45) is 2.45. The van der Waals surface area contributed by atoms with Crippen LogP contribution in [-0.4, -0.2) is 16.7 Å². The minimum atomic E-state index is -0.641. The molecule has 0 atom stereocenters. The van der Waals surface area contributed by atoms with Gasteiger partial charge in [0, 0.05) is 28.7 Å². The SMILES string of the molecule is CCc1cccc2c(C(=O)C(=O)NCc3ccccc3Cl)c[nH]c12. The number of rotatable bonds is 5. The van der Waals surface area contributed by atoms with E-state index >= 15 is 0 Å². The Hall–Kier alpha value is -2.59.